The van der Waals surface area contributed by atoms with Crippen LogP contribution in [0.1, 0.15) is 42.6 Å². The highest BCUT2D eigenvalue weighted by molar-refractivity contribution is 5.94. The topological polar surface area (TPSA) is 32.3 Å². The van der Waals surface area contributed by atoms with E-state index >= 15 is 0 Å². The second-order valence-electron chi connectivity index (χ2n) is 4.83. The van der Waals surface area contributed by atoms with E-state index in [0.29, 0.717) is 0 Å². The maximum Gasteiger partial charge on any atom is 0.253 e. The first-order chi connectivity index (χ1) is 8.74. The number of nitrogens with one attached hydrogen (secondary N) is 1. The van der Waals surface area contributed by atoms with Crippen molar-refractivity contribution >= 4 is 18.3 Å². The van der Waals surface area contributed by atoms with E-state index in [-0.39, 0.29) is 18.3 Å². The van der Waals surface area contributed by atoms with Gasteiger partial charge in [-0.15, -0.1) is 12.4 Å². The fourth-order valence-electron chi connectivity index (χ4n) is 2.01. The average Bonchev–Trinajstić information content (AvgIpc) is 3.22. The Bertz CT molecular complexity index is 397. The van der Waals surface area contributed by atoms with Crippen LogP contribution in [0, 0.1) is 0 Å². The van der Waals surface area contributed by atoms with Crippen molar-refractivity contribution < 1.29 is 4.79 Å². The summed E-state index contributed by atoms with van der Waals surface area (Å²) in [7, 11) is 0. The summed E-state index contributed by atoms with van der Waals surface area (Å²) < 4.78 is 0. The zero-order valence-electron chi connectivity index (χ0n) is 11.7. The molecule has 106 valence electrons. The SMILES string of the molecule is CCN(CC)C(=O)c1ccc(CNC2CC2)cc1.Cl. The molecule has 1 aromatic carbocycles. The lowest BCUT2D eigenvalue weighted by atomic mass is 10.1. The first-order valence-electron chi connectivity index (χ1n) is 6.86. The molecule has 1 aliphatic carbocycles. The molecule has 0 heterocycles. The van der Waals surface area contributed by atoms with Gasteiger partial charge in [-0.2, -0.15) is 0 Å². The molecule has 0 aliphatic heterocycles. The summed E-state index contributed by atoms with van der Waals surface area (Å²) in [6, 6.07) is 8.69. The molecular weight excluding hydrogens is 260 g/mol. The van der Waals surface area contributed by atoms with Gasteiger partial charge in [-0.3, -0.25) is 4.79 Å². The molecule has 0 atom stereocenters. The Labute approximate surface area is 121 Å². The number of hydrogen-bond acceptors (Lipinski definition) is 2. The number of carbonyl (C=O) groups is 1. The van der Waals surface area contributed by atoms with Gasteiger partial charge in [0.1, 0.15) is 0 Å². The summed E-state index contributed by atoms with van der Waals surface area (Å²) in [5, 5.41) is 3.47. The first kappa shape index (κ1) is 16.0. The van der Waals surface area contributed by atoms with Crippen molar-refractivity contribution in [3.8, 4) is 0 Å². The monoisotopic (exact) mass is 282 g/mol. The minimum atomic E-state index is 0. The molecule has 1 aliphatic rings. The largest absolute Gasteiger partial charge is 0.339 e. The predicted molar refractivity (Wildman–Crippen MR) is 80.8 cm³/mol. The Morgan fingerprint density at radius 2 is 1.79 bits per heavy atom. The fourth-order valence-corrected chi connectivity index (χ4v) is 2.01. The van der Waals surface area contributed by atoms with Crippen LogP contribution in [0.5, 0.6) is 0 Å². The number of amides is 1. The van der Waals surface area contributed by atoms with Gasteiger partial charge < -0.3 is 10.2 Å². The molecule has 19 heavy (non-hydrogen) atoms. The van der Waals surface area contributed by atoms with E-state index in [1.54, 1.807) is 0 Å². The molecule has 0 aromatic heterocycles. The lowest BCUT2D eigenvalue weighted by molar-refractivity contribution is 0.0773. The molecule has 1 N–H and O–H groups in total. The van der Waals surface area contributed by atoms with Crippen LogP contribution >= 0.6 is 12.4 Å². The van der Waals surface area contributed by atoms with Crippen molar-refractivity contribution in [1.82, 2.24) is 10.2 Å². The van der Waals surface area contributed by atoms with Crippen LogP contribution in [0.3, 0.4) is 0 Å². The Morgan fingerprint density at radius 3 is 2.26 bits per heavy atom. The number of hydrogen-bond donors (Lipinski definition) is 1. The van der Waals surface area contributed by atoms with E-state index in [1.165, 1.54) is 18.4 Å². The number of halogens is 1. The van der Waals surface area contributed by atoms with Crippen LogP contribution in [-0.4, -0.2) is 29.9 Å². The molecule has 0 saturated heterocycles. The Kier molecular flexibility index (Phi) is 6.32. The van der Waals surface area contributed by atoms with Gasteiger partial charge in [0.15, 0.2) is 0 Å². The standard InChI is InChI=1S/C15H22N2O.ClH/c1-3-17(4-2)15(18)13-7-5-12(6-8-13)11-16-14-9-10-14;/h5-8,14,16H,3-4,9-11H2,1-2H3;1H. The van der Waals surface area contributed by atoms with Gasteiger partial charge in [-0.05, 0) is 44.4 Å². The van der Waals surface area contributed by atoms with Crippen LogP contribution in [0.15, 0.2) is 24.3 Å². The van der Waals surface area contributed by atoms with E-state index in [0.717, 1.165) is 31.2 Å². The molecule has 0 bridgehead atoms. The molecule has 2 rings (SSSR count). The summed E-state index contributed by atoms with van der Waals surface area (Å²) in [4.78, 5) is 13.9. The lowest BCUT2D eigenvalue weighted by Crippen LogP contribution is -2.30. The Balaban J connectivity index is 0.00000180. The number of benzene rings is 1. The first-order valence-corrected chi connectivity index (χ1v) is 6.86. The summed E-state index contributed by atoms with van der Waals surface area (Å²) >= 11 is 0. The van der Waals surface area contributed by atoms with Crippen molar-refractivity contribution in [3.63, 3.8) is 0 Å². The third kappa shape index (κ3) is 4.51. The van der Waals surface area contributed by atoms with E-state index in [9.17, 15) is 4.79 Å². The van der Waals surface area contributed by atoms with Crippen molar-refractivity contribution in [1.29, 1.82) is 0 Å². The highest BCUT2D eigenvalue weighted by Crippen LogP contribution is 2.19. The predicted octanol–water partition coefficient (Wildman–Crippen LogP) is 2.84. The van der Waals surface area contributed by atoms with Crippen molar-refractivity contribution in [2.24, 2.45) is 0 Å². The molecule has 0 radical (unpaired) electrons. The molecule has 3 nitrogen and oxygen atoms in total. The summed E-state index contributed by atoms with van der Waals surface area (Å²) in [6.45, 7) is 6.45. The zero-order valence-corrected chi connectivity index (χ0v) is 12.5. The van der Waals surface area contributed by atoms with Crippen LogP contribution in [0.4, 0.5) is 0 Å². The second-order valence-corrected chi connectivity index (χ2v) is 4.83. The van der Waals surface area contributed by atoms with Gasteiger partial charge >= 0.3 is 0 Å². The van der Waals surface area contributed by atoms with Crippen LogP contribution in [0.25, 0.3) is 0 Å². The smallest absolute Gasteiger partial charge is 0.253 e. The highest BCUT2D eigenvalue weighted by Gasteiger charge is 2.20. The van der Waals surface area contributed by atoms with Gasteiger partial charge in [-0.25, -0.2) is 0 Å². The molecule has 0 spiro atoms. The van der Waals surface area contributed by atoms with Crippen LogP contribution < -0.4 is 5.32 Å². The maximum absolute atomic E-state index is 12.1. The van der Waals surface area contributed by atoms with Gasteiger partial charge in [-0.1, -0.05) is 12.1 Å². The van der Waals surface area contributed by atoms with Gasteiger partial charge in [0.2, 0.25) is 0 Å². The summed E-state index contributed by atoms with van der Waals surface area (Å²) in [6.07, 6.45) is 2.61. The molecular formula is C15H23ClN2O. The van der Waals surface area contributed by atoms with Crippen LogP contribution in [0.2, 0.25) is 0 Å². The Morgan fingerprint density at radius 1 is 1.21 bits per heavy atom. The second kappa shape index (κ2) is 7.51. The van der Waals surface area contributed by atoms with E-state index < -0.39 is 0 Å². The van der Waals surface area contributed by atoms with Crippen LogP contribution in [-0.2, 0) is 6.54 Å². The third-order valence-corrected chi connectivity index (χ3v) is 3.42. The minimum Gasteiger partial charge on any atom is -0.339 e. The van der Waals surface area contributed by atoms with Gasteiger partial charge in [0.25, 0.3) is 5.91 Å². The number of rotatable bonds is 6. The maximum atomic E-state index is 12.1. The van der Waals surface area contributed by atoms with Crippen molar-refractivity contribution in [2.45, 2.75) is 39.3 Å². The van der Waals surface area contributed by atoms with E-state index in [2.05, 4.69) is 5.32 Å². The third-order valence-electron chi connectivity index (χ3n) is 3.42. The van der Waals surface area contributed by atoms with Crippen molar-refractivity contribution in [3.05, 3.63) is 35.4 Å². The van der Waals surface area contributed by atoms with E-state index in [1.807, 2.05) is 43.0 Å². The quantitative estimate of drug-likeness (QED) is 0.870. The highest BCUT2D eigenvalue weighted by atomic mass is 35.5. The Hall–Kier alpha value is -1.06. The summed E-state index contributed by atoms with van der Waals surface area (Å²) in [5.74, 6) is 0.127. The number of carbonyl (C=O) groups excluding carboxylic acids is 1. The minimum absolute atomic E-state index is 0. The molecule has 1 saturated carbocycles. The normalized spacial score (nSPS) is 13.8. The molecule has 1 aromatic rings. The van der Waals surface area contributed by atoms with Gasteiger partial charge in [0.05, 0.1) is 0 Å². The molecule has 1 amide bonds. The molecule has 1 fully saturated rings. The van der Waals surface area contributed by atoms with Gasteiger partial charge in [0, 0.05) is 31.2 Å². The number of nitrogens with zero attached hydrogens (tertiary/aromatic N) is 1. The van der Waals surface area contributed by atoms with Crippen molar-refractivity contribution in [2.75, 3.05) is 13.1 Å². The lowest BCUT2D eigenvalue weighted by Gasteiger charge is -2.18. The average molecular weight is 283 g/mol. The fraction of sp³-hybridized carbons (Fsp3) is 0.533. The zero-order chi connectivity index (χ0) is 13.0. The summed E-state index contributed by atoms with van der Waals surface area (Å²) in [5.41, 5.74) is 2.03. The molecule has 4 heteroatoms. The molecule has 0 unspecified atom stereocenters. The van der Waals surface area contributed by atoms with E-state index in [4.69, 9.17) is 0 Å².